The van der Waals surface area contributed by atoms with Gasteiger partial charge in [0.05, 0.1) is 17.1 Å². The Morgan fingerprint density at radius 3 is 1.17 bits per heavy atom. The second-order valence-corrected chi connectivity index (χ2v) is 17.3. The summed E-state index contributed by atoms with van der Waals surface area (Å²) in [6.07, 6.45) is 58.0. The molecule has 2 aromatic carbocycles. The third-order valence-corrected chi connectivity index (χ3v) is 11.8. The average Bonchev–Trinajstić information content (AvgIpc) is 3.24. The lowest BCUT2D eigenvalue weighted by atomic mass is 10.0. The maximum Gasteiger partial charge on any atom is 0.0665 e. The van der Waals surface area contributed by atoms with Crippen molar-refractivity contribution in [3.05, 3.63) is 84.0 Å². The summed E-state index contributed by atoms with van der Waals surface area (Å²) >= 11 is 0. The molecule has 0 unspecified atom stereocenters. The highest BCUT2D eigenvalue weighted by molar-refractivity contribution is 6.31. The van der Waals surface area contributed by atoms with Gasteiger partial charge < -0.3 is 0 Å². The van der Waals surface area contributed by atoms with Crippen LogP contribution < -0.4 is 0 Å². The molecule has 2 aromatic rings. The quantitative estimate of drug-likeness (QED) is 0.0365. The molecule has 0 aliphatic heterocycles. The predicted octanol–water partition coefficient (Wildman–Crippen LogP) is 19.3. The van der Waals surface area contributed by atoms with E-state index in [-0.39, 0.29) is 0 Å². The van der Waals surface area contributed by atoms with Crippen LogP contribution in [0.1, 0.15) is 244 Å². The van der Waals surface area contributed by atoms with Crippen LogP contribution in [0, 0.1) is 0 Å². The van der Waals surface area contributed by atoms with E-state index in [0.29, 0.717) is 0 Å². The van der Waals surface area contributed by atoms with Crippen LogP contribution in [0.15, 0.2) is 82.8 Å². The highest BCUT2D eigenvalue weighted by Gasteiger charge is 2.05. The van der Waals surface area contributed by atoms with Gasteiger partial charge in [0, 0.05) is 6.21 Å². The fourth-order valence-electron chi connectivity index (χ4n) is 8.01. The molecule has 0 saturated carbocycles. The lowest BCUT2D eigenvalue weighted by molar-refractivity contribution is 0.550. The number of rotatable bonds is 40. The molecule has 2 nitrogen and oxygen atoms in total. The minimum Gasteiger partial charge on any atom is -0.255 e. The molecule has 0 aliphatic rings. The minimum atomic E-state index is 0.978. The number of aliphatic imine (C=N–C) groups is 2. The summed E-state index contributed by atoms with van der Waals surface area (Å²) in [5.41, 5.74) is 6.03. The van der Waals surface area contributed by atoms with E-state index in [0.717, 1.165) is 55.6 Å². The summed E-state index contributed by atoms with van der Waals surface area (Å²) in [7, 11) is 0. The molecule has 0 bridgehead atoms. The van der Waals surface area contributed by atoms with E-state index < -0.39 is 0 Å². The molecular weight excluding hydrogens is 701 g/mol. The fraction of sp³-hybridized carbons (Fsp3) is 0.679. The summed E-state index contributed by atoms with van der Waals surface area (Å²) in [4.78, 5) is 10.4. The number of aryl methyl sites for hydroxylation is 2. The predicted molar refractivity (Wildman–Crippen MR) is 263 cm³/mol. The molecule has 0 aromatic heterocycles. The Kier molecular flexibility index (Phi) is 35.2. The summed E-state index contributed by atoms with van der Waals surface area (Å²) in [6.45, 7) is 6.89. The summed E-state index contributed by atoms with van der Waals surface area (Å²) in [5.74, 6) is 0. The molecule has 0 saturated heterocycles. The summed E-state index contributed by atoms with van der Waals surface area (Å²) < 4.78 is 0. The van der Waals surface area contributed by atoms with E-state index in [1.807, 2.05) is 0 Å². The molecule has 0 radical (unpaired) electrons. The molecule has 0 fully saturated rings. The topological polar surface area (TPSA) is 24.7 Å². The number of benzene rings is 2. The van der Waals surface area contributed by atoms with Crippen molar-refractivity contribution in [2.24, 2.45) is 9.98 Å². The van der Waals surface area contributed by atoms with Crippen LogP contribution in [-0.2, 0) is 12.8 Å². The van der Waals surface area contributed by atoms with Crippen molar-refractivity contribution in [1.29, 1.82) is 0 Å². The van der Waals surface area contributed by atoms with Gasteiger partial charge in [-0.25, -0.2) is 0 Å². The maximum absolute atomic E-state index is 5.28. The molecule has 0 heterocycles. The van der Waals surface area contributed by atoms with Gasteiger partial charge >= 0.3 is 0 Å². The Morgan fingerprint density at radius 1 is 0.379 bits per heavy atom. The third kappa shape index (κ3) is 29.5. The van der Waals surface area contributed by atoms with Crippen molar-refractivity contribution in [1.82, 2.24) is 0 Å². The number of hydrogen-bond donors (Lipinski definition) is 0. The van der Waals surface area contributed by atoms with Crippen LogP contribution in [0.2, 0.25) is 0 Å². The van der Waals surface area contributed by atoms with Crippen LogP contribution in [0.4, 0.5) is 11.4 Å². The summed E-state index contributed by atoms with van der Waals surface area (Å²) in [6, 6.07) is 17.5. The highest BCUT2D eigenvalue weighted by Crippen LogP contribution is 2.24. The van der Waals surface area contributed by atoms with E-state index in [1.54, 1.807) is 0 Å². The monoisotopic (exact) mass is 793 g/mol. The van der Waals surface area contributed by atoms with Gasteiger partial charge in [-0.05, 0) is 100 Å². The van der Waals surface area contributed by atoms with Gasteiger partial charge in [-0.3, -0.25) is 9.98 Å². The van der Waals surface area contributed by atoms with Crippen LogP contribution >= 0.6 is 0 Å². The van der Waals surface area contributed by atoms with Crippen molar-refractivity contribution in [3.8, 4) is 0 Å². The molecule has 326 valence electrons. The molecule has 0 amide bonds. The van der Waals surface area contributed by atoms with Gasteiger partial charge in [0.2, 0.25) is 0 Å². The SMILES string of the molecule is CCCCCCCCCCCCC/C=C/CCCc1ccccc1N=CC(CCCCCC)=Nc1ccccc1CCC/C=C/CCCCCCCCCCCCC. The van der Waals surface area contributed by atoms with Crippen molar-refractivity contribution in [2.45, 2.75) is 245 Å². The van der Waals surface area contributed by atoms with E-state index in [9.17, 15) is 0 Å². The van der Waals surface area contributed by atoms with Crippen LogP contribution in [-0.4, -0.2) is 11.9 Å². The van der Waals surface area contributed by atoms with Crippen LogP contribution in [0.5, 0.6) is 0 Å². The highest BCUT2D eigenvalue weighted by atomic mass is 14.8. The Balaban J connectivity index is 1.77. The lowest BCUT2D eigenvalue weighted by Crippen LogP contribution is -2.01. The first kappa shape index (κ1) is 51.4. The van der Waals surface area contributed by atoms with Gasteiger partial charge in [0.15, 0.2) is 0 Å². The van der Waals surface area contributed by atoms with Crippen molar-refractivity contribution >= 4 is 23.3 Å². The van der Waals surface area contributed by atoms with E-state index >= 15 is 0 Å². The first-order chi connectivity index (χ1) is 28.8. The van der Waals surface area contributed by atoms with Crippen molar-refractivity contribution in [2.75, 3.05) is 0 Å². The van der Waals surface area contributed by atoms with Gasteiger partial charge in [-0.1, -0.05) is 229 Å². The Hall–Kier alpha value is -2.74. The van der Waals surface area contributed by atoms with Crippen molar-refractivity contribution in [3.63, 3.8) is 0 Å². The number of allylic oxidation sites excluding steroid dienone is 4. The molecule has 0 atom stereocenters. The normalized spacial score (nSPS) is 12.3. The molecule has 0 N–H and O–H groups in total. The standard InChI is InChI=1S/C56H92N2/c1-4-7-10-13-15-17-19-21-23-25-27-29-31-33-35-37-44-52-46-40-42-49-55(52)57-51-54(48-39-12-9-6-3)58-56-50-43-41-47-53(56)45-38-36-34-32-30-28-26-24-22-20-18-16-14-11-8-5-2/h31-34,40-43,46-47,49-51H,4-30,35-39,44-45,48H2,1-3H3/b33-31+,34-32+,57-51?,58-54?. The first-order valence-corrected chi connectivity index (χ1v) is 25.4. The molecule has 58 heavy (non-hydrogen) atoms. The largest absolute Gasteiger partial charge is 0.255 e. The van der Waals surface area contributed by atoms with E-state index in [2.05, 4.69) is 99.8 Å². The minimum absolute atomic E-state index is 0.978. The number of nitrogens with zero attached hydrogens (tertiary/aromatic N) is 2. The van der Waals surface area contributed by atoms with Gasteiger partial charge in [0.25, 0.3) is 0 Å². The fourth-order valence-corrected chi connectivity index (χ4v) is 8.01. The number of para-hydroxylation sites is 2. The number of hydrogen-bond acceptors (Lipinski definition) is 2. The van der Waals surface area contributed by atoms with Gasteiger partial charge in [-0.15, -0.1) is 0 Å². The zero-order valence-corrected chi connectivity index (χ0v) is 38.6. The maximum atomic E-state index is 5.28. The Labute approximate surface area is 361 Å². The molecular formula is C56H92N2. The third-order valence-electron chi connectivity index (χ3n) is 11.8. The lowest BCUT2D eigenvalue weighted by Gasteiger charge is -2.08. The molecule has 0 spiro atoms. The molecule has 2 rings (SSSR count). The van der Waals surface area contributed by atoms with Gasteiger partial charge in [-0.2, -0.15) is 0 Å². The van der Waals surface area contributed by atoms with E-state index in [4.69, 9.17) is 9.98 Å². The summed E-state index contributed by atoms with van der Waals surface area (Å²) in [5, 5.41) is 0. The van der Waals surface area contributed by atoms with Crippen LogP contribution in [0.3, 0.4) is 0 Å². The second kappa shape index (κ2) is 39.7. The van der Waals surface area contributed by atoms with E-state index in [1.165, 1.54) is 197 Å². The first-order valence-electron chi connectivity index (χ1n) is 25.4. The van der Waals surface area contributed by atoms with Crippen LogP contribution in [0.25, 0.3) is 0 Å². The zero-order valence-electron chi connectivity index (χ0n) is 38.6. The molecule has 2 heteroatoms. The average molecular weight is 793 g/mol. The zero-order chi connectivity index (χ0) is 41.2. The van der Waals surface area contributed by atoms with Gasteiger partial charge in [0.1, 0.15) is 0 Å². The number of unbranched alkanes of at least 4 members (excludes halogenated alkanes) is 27. The Morgan fingerprint density at radius 2 is 0.724 bits per heavy atom. The smallest absolute Gasteiger partial charge is 0.0665 e. The second-order valence-electron chi connectivity index (χ2n) is 17.3. The Bertz CT molecular complexity index is 1320. The molecule has 0 aliphatic carbocycles. The van der Waals surface area contributed by atoms with Crippen molar-refractivity contribution < 1.29 is 0 Å².